The molecule has 0 rings (SSSR count). The monoisotopic (exact) mass is 116 g/mol. The summed E-state index contributed by atoms with van der Waals surface area (Å²) >= 11 is 0. The first-order valence-electron chi connectivity index (χ1n) is 2.08. The van der Waals surface area contributed by atoms with Gasteiger partial charge >= 0.3 is 0 Å². The molecule has 2 N–H and O–H groups in total. The van der Waals surface area contributed by atoms with Gasteiger partial charge in [0.15, 0.2) is 5.52 Å². The van der Waals surface area contributed by atoms with Crippen LogP contribution in [0.4, 0.5) is 0 Å². The second-order valence-electron chi connectivity index (χ2n) is 1.06. The number of rotatable bonds is 3. The van der Waals surface area contributed by atoms with E-state index in [-0.39, 0.29) is 12.1 Å². The fourth-order valence-corrected chi connectivity index (χ4v) is 0.660. The molecule has 1 unspecified atom stereocenters. The molecule has 0 aromatic carbocycles. The first kappa shape index (κ1) is 7.12. The molecule has 0 spiro atoms. The van der Waals surface area contributed by atoms with E-state index in [0.717, 1.165) is 0 Å². The topological polar surface area (TPSA) is 43.1 Å². The minimum absolute atomic E-state index is 0.127. The number of hydrogen-bond donors (Lipinski definition) is 1. The molecule has 0 fully saturated rings. The van der Waals surface area contributed by atoms with Crippen LogP contribution in [0.5, 0.6) is 0 Å². The van der Waals surface area contributed by atoms with Crippen molar-refractivity contribution in [2.45, 2.75) is 6.82 Å². The fraction of sp³-hybridized carbons (Fsp3) is 0.667. The van der Waals surface area contributed by atoms with Crippen molar-refractivity contribution in [3.63, 3.8) is 0 Å². The Morgan fingerprint density at radius 1 is 2.00 bits per heavy atom. The van der Waals surface area contributed by atoms with E-state index in [1.54, 1.807) is 0 Å². The molecular formula is C3H8BNOP. The highest BCUT2D eigenvalue weighted by molar-refractivity contribution is 7.84. The summed E-state index contributed by atoms with van der Waals surface area (Å²) in [6.45, 7) is 3.87. The van der Waals surface area contributed by atoms with Gasteiger partial charge in [0.25, 0.3) is 0 Å². The van der Waals surface area contributed by atoms with Crippen LogP contribution in [0.1, 0.15) is 0 Å². The summed E-state index contributed by atoms with van der Waals surface area (Å²) in [5, 5.41) is 0. The van der Waals surface area contributed by atoms with Crippen LogP contribution in [0.3, 0.4) is 0 Å². The summed E-state index contributed by atoms with van der Waals surface area (Å²) < 4.78 is 0. The molecule has 0 saturated carbocycles. The zero-order chi connectivity index (χ0) is 5.70. The maximum absolute atomic E-state index is 10.3. The quantitative estimate of drug-likeness (QED) is 0.410. The van der Waals surface area contributed by atoms with Crippen molar-refractivity contribution in [3.8, 4) is 0 Å². The third kappa shape index (κ3) is 3.97. The number of carbonyl (C=O) groups excluding carboxylic acids is 1. The zero-order valence-corrected chi connectivity index (χ0v) is 5.27. The predicted molar refractivity (Wildman–Crippen MR) is 34.0 cm³/mol. The van der Waals surface area contributed by atoms with Gasteiger partial charge in [-0.1, -0.05) is 15.3 Å². The first-order chi connectivity index (χ1) is 3.31. The van der Waals surface area contributed by atoms with E-state index in [1.807, 2.05) is 13.8 Å². The molecule has 0 aliphatic carbocycles. The second-order valence-corrected chi connectivity index (χ2v) is 2.48. The van der Waals surface area contributed by atoms with Gasteiger partial charge in [0.05, 0.1) is 6.54 Å². The van der Waals surface area contributed by atoms with Gasteiger partial charge in [-0.3, -0.25) is 4.79 Å². The standard InChI is InChI=1S/C3H8BNOP/c1-4-7-3(6)2-5/h7H,2,5H2,1H3. The largest absolute Gasteiger partial charge is 0.324 e. The smallest absolute Gasteiger partial charge is 0.155 e. The molecule has 2 nitrogen and oxygen atoms in total. The molecule has 0 aliphatic heterocycles. The lowest BCUT2D eigenvalue weighted by Gasteiger charge is -1.87. The van der Waals surface area contributed by atoms with Crippen molar-refractivity contribution in [1.29, 1.82) is 0 Å². The zero-order valence-electron chi connectivity index (χ0n) is 4.27. The summed E-state index contributed by atoms with van der Waals surface area (Å²) in [7, 11) is 0.300. The van der Waals surface area contributed by atoms with Gasteiger partial charge in [-0.25, -0.2) is 0 Å². The molecule has 0 heterocycles. The average Bonchev–Trinajstić information content (AvgIpc) is 1.68. The molecule has 0 aliphatic rings. The summed E-state index contributed by atoms with van der Waals surface area (Å²) in [4.78, 5) is 10.3. The van der Waals surface area contributed by atoms with E-state index >= 15 is 0 Å². The molecule has 0 aromatic heterocycles. The van der Waals surface area contributed by atoms with Crippen molar-refractivity contribution >= 4 is 21.0 Å². The number of hydrogen-bond acceptors (Lipinski definition) is 2. The third-order valence-electron chi connectivity index (χ3n) is 0.491. The normalized spacial score (nSPS) is 10.0. The Kier molecular flexibility index (Phi) is 4.36. The van der Waals surface area contributed by atoms with Crippen LogP contribution in [0.25, 0.3) is 0 Å². The SMILES string of the molecule is C[B]PC(=O)CN. The van der Waals surface area contributed by atoms with E-state index in [1.165, 1.54) is 0 Å². The first-order valence-corrected chi connectivity index (χ1v) is 3.16. The van der Waals surface area contributed by atoms with Crippen LogP contribution in [0.15, 0.2) is 0 Å². The van der Waals surface area contributed by atoms with Crippen LogP contribution >= 0.6 is 8.46 Å². The summed E-state index contributed by atoms with van der Waals surface area (Å²) in [6, 6.07) is 0. The minimum atomic E-state index is 0.127. The highest BCUT2D eigenvalue weighted by atomic mass is 31.1. The molecule has 0 aromatic rings. The van der Waals surface area contributed by atoms with E-state index < -0.39 is 0 Å². The van der Waals surface area contributed by atoms with Crippen LogP contribution in [0.2, 0.25) is 6.82 Å². The van der Waals surface area contributed by atoms with Crippen LogP contribution < -0.4 is 5.73 Å². The molecule has 7 heavy (non-hydrogen) atoms. The highest BCUT2D eigenvalue weighted by Crippen LogP contribution is 2.04. The lowest BCUT2D eigenvalue weighted by Crippen LogP contribution is -2.08. The van der Waals surface area contributed by atoms with Gasteiger partial charge in [-0.2, -0.15) is 0 Å². The Balaban J connectivity index is 3.00. The number of carbonyl (C=O) groups is 1. The van der Waals surface area contributed by atoms with Crippen molar-refractivity contribution in [2.24, 2.45) is 5.73 Å². The molecule has 0 saturated heterocycles. The molecule has 4 heteroatoms. The van der Waals surface area contributed by atoms with Gasteiger partial charge in [-0.15, -0.1) is 0 Å². The second kappa shape index (κ2) is 4.29. The molecule has 39 valence electrons. The van der Waals surface area contributed by atoms with Gasteiger partial charge in [0, 0.05) is 0 Å². The lowest BCUT2D eigenvalue weighted by atomic mass is 10.2. The summed E-state index contributed by atoms with van der Waals surface area (Å²) in [6.07, 6.45) is 0. The van der Waals surface area contributed by atoms with Crippen LogP contribution in [-0.4, -0.2) is 19.1 Å². The Hall–Kier alpha value is 0.125. The Morgan fingerprint density at radius 3 is 2.71 bits per heavy atom. The van der Waals surface area contributed by atoms with E-state index in [9.17, 15) is 4.79 Å². The van der Waals surface area contributed by atoms with Crippen molar-refractivity contribution < 1.29 is 4.79 Å². The van der Waals surface area contributed by atoms with E-state index in [2.05, 4.69) is 0 Å². The van der Waals surface area contributed by atoms with Gasteiger partial charge in [0.2, 0.25) is 0 Å². The molecule has 1 radical (unpaired) electrons. The average molecular weight is 116 g/mol. The van der Waals surface area contributed by atoms with Crippen LogP contribution in [0, 0.1) is 0 Å². The molecule has 0 amide bonds. The fourth-order valence-electron chi connectivity index (χ4n) is 0.220. The Labute approximate surface area is 45.8 Å². The van der Waals surface area contributed by atoms with Crippen molar-refractivity contribution in [1.82, 2.24) is 0 Å². The highest BCUT2D eigenvalue weighted by Gasteiger charge is 1.92. The lowest BCUT2D eigenvalue weighted by molar-refractivity contribution is -0.110. The van der Waals surface area contributed by atoms with Crippen LogP contribution in [-0.2, 0) is 4.79 Å². The maximum atomic E-state index is 10.3. The molecule has 0 bridgehead atoms. The molecular weight excluding hydrogens is 108 g/mol. The predicted octanol–water partition coefficient (Wildman–Crippen LogP) is -0.182. The van der Waals surface area contributed by atoms with Gasteiger partial charge in [-0.05, 0) is 0 Å². The van der Waals surface area contributed by atoms with E-state index in [4.69, 9.17) is 5.73 Å². The van der Waals surface area contributed by atoms with Gasteiger partial charge < -0.3 is 5.73 Å². The van der Waals surface area contributed by atoms with Crippen molar-refractivity contribution in [3.05, 3.63) is 0 Å². The van der Waals surface area contributed by atoms with Crippen molar-refractivity contribution in [2.75, 3.05) is 6.54 Å². The van der Waals surface area contributed by atoms with Gasteiger partial charge in [0.1, 0.15) is 7.00 Å². The minimum Gasteiger partial charge on any atom is -0.324 e. The maximum Gasteiger partial charge on any atom is 0.155 e. The summed E-state index contributed by atoms with van der Waals surface area (Å²) in [5.41, 5.74) is 5.12. The Morgan fingerprint density at radius 2 is 2.57 bits per heavy atom. The Bertz CT molecular complexity index is 68.0. The number of nitrogens with two attached hydrogens (primary N) is 1. The molecule has 1 atom stereocenters. The van der Waals surface area contributed by atoms with E-state index in [0.29, 0.717) is 8.46 Å². The third-order valence-corrected chi connectivity index (χ3v) is 1.31. The summed E-state index contributed by atoms with van der Waals surface area (Å²) in [5.74, 6) is 0.